The van der Waals surface area contributed by atoms with E-state index in [1.807, 2.05) is 30.3 Å². The van der Waals surface area contributed by atoms with Crippen LogP contribution in [0, 0.1) is 0 Å². The van der Waals surface area contributed by atoms with E-state index in [2.05, 4.69) is 0 Å². The summed E-state index contributed by atoms with van der Waals surface area (Å²) in [5, 5.41) is 0.911. The fourth-order valence-electron chi connectivity index (χ4n) is 2.14. The van der Waals surface area contributed by atoms with Crippen LogP contribution in [0.3, 0.4) is 0 Å². The average molecular weight is 365 g/mol. The number of amides is 1. The first-order valence-corrected chi connectivity index (χ1v) is 8.03. The molecule has 0 bridgehead atoms. The van der Waals surface area contributed by atoms with Crippen molar-refractivity contribution in [2.75, 3.05) is 0 Å². The highest BCUT2D eigenvalue weighted by molar-refractivity contribution is 6.42. The zero-order chi connectivity index (χ0) is 17.6. The van der Waals surface area contributed by atoms with Crippen molar-refractivity contribution in [3.63, 3.8) is 0 Å². The average Bonchev–Trinajstić information content (AvgIpc) is 2.55. The van der Waals surface area contributed by atoms with Crippen LogP contribution < -0.4 is 11.5 Å². The molecule has 1 unspecified atom stereocenters. The number of hydrogen-bond donors (Lipinski definition) is 2. The SMILES string of the molecule is NC(=O)C=CC(N)(Cc1ccccc1)OCc1ccc(Cl)c(Cl)c1. The lowest BCUT2D eigenvalue weighted by molar-refractivity contribution is -0.113. The number of hydrogen-bond acceptors (Lipinski definition) is 3. The Morgan fingerprint density at radius 2 is 1.79 bits per heavy atom. The van der Waals surface area contributed by atoms with Gasteiger partial charge in [0.05, 0.1) is 16.7 Å². The molecule has 0 aromatic heterocycles. The molecule has 0 spiro atoms. The van der Waals surface area contributed by atoms with Crippen LogP contribution in [0.2, 0.25) is 10.0 Å². The lowest BCUT2D eigenvalue weighted by atomic mass is 10.0. The number of nitrogens with two attached hydrogens (primary N) is 2. The van der Waals surface area contributed by atoms with Gasteiger partial charge in [-0.25, -0.2) is 0 Å². The molecule has 126 valence electrons. The van der Waals surface area contributed by atoms with Gasteiger partial charge in [-0.05, 0) is 29.3 Å². The van der Waals surface area contributed by atoms with E-state index in [1.54, 1.807) is 18.2 Å². The fourth-order valence-corrected chi connectivity index (χ4v) is 2.46. The third-order valence-corrected chi connectivity index (χ3v) is 4.08. The smallest absolute Gasteiger partial charge is 0.241 e. The second-order valence-electron chi connectivity index (χ2n) is 5.39. The molecule has 1 amide bonds. The van der Waals surface area contributed by atoms with Crippen molar-refractivity contribution in [1.29, 1.82) is 0 Å². The van der Waals surface area contributed by atoms with Gasteiger partial charge in [0, 0.05) is 12.5 Å². The van der Waals surface area contributed by atoms with Crippen LogP contribution in [-0.4, -0.2) is 11.6 Å². The number of ether oxygens (including phenoxy) is 1. The summed E-state index contributed by atoms with van der Waals surface area (Å²) in [6.45, 7) is 0.212. The van der Waals surface area contributed by atoms with Gasteiger partial charge >= 0.3 is 0 Å². The Kier molecular flexibility index (Phi) is 6.40. The first-order chi connectivity index (χ1) is 11.4. The van der Waals surface area contributed by atoms with Gasteiger partial charge in [-0.3, -0.25) is 10.5 Å². The van der Waals surface area contributed by atoms with Crippen LogP contribution in [0.5, 0.6) is 0 Å². The van der Waals surface area contributed by atoms with E-state index in [1.165, 1.54) is 12.2 Å². The second kappa shape index (κ2) is 8.31. The number of primary amides is 1. The third-order valence-electron chi connectivity index (χ3n) is 3.34. The van der Waals surface area contributed by atoms with Gasteiger partial charge in [0.1, 0.15) is 5.72 Å². The second-order valence-corrected chi connectivity index (χ2v) is 6.20. The first kappa shape index (κ1) is 18.5. The molecule has 0 radical (unpaired) electrons. The number of carbonyl (C=O) groups excluding carboxylic acids is 1. The molecule has 0 aliphatic rings. The number of carbonyl (C=O) groups is 1. The fraction of sp³-hybridized carbons (Fsp3) is 0.167. The van der Waals surface area contributed by atoms with Crippen molar-refractivity contribution in [1.82, 2.24) is 0 Å². The minimum absolute atomic E-state index is 0.212. The van der Waals surface area contributed by atoms with E-state index in [9.17, 15) is 4.79 Å². The molecule has 0 saturated carbocycles. The van der Waals surface area contributed by atoms with Gasteiger partial charge in [-0.2, -0.15) is 0 Å². The van der Waals surface area contributed by atoms with Gasteiger partial charge in [0.2, 0.25) is 5.91 Å². The van der Waals surface area contributed by atoms with Crippen LogP contribution in [0.4, 0.5) is 0 Å². The zero-order valence-electron chi connectivity index (χ0n) is 12.9. The molecule has 4 nitrogen and oxygen atoms in total. The third kappa shape index (κ3) is 5.65. The Labute approximate surface area is 151 Å². The molecule has 0 fully saturated rings. The van der Waals surface area contributed by atoms with E-state index in [4.69, 9.17) is 39.4 Å². The van der Waals surface area contributed by atoms with Crippen LogP contribution in [0.25, 0.3) is 0 Å². The van der Waals surface area contributed by atoms with Gasteiger partial charge < -0.3 is 10.5 Å². The van der Waals surface area contributed by atoms with Gasteiger partial charge in [0.25, 0.3) is 0 Å². The number of halogens is 2. The summed E-state index contributed by atoms with van der Waals surface area (Å²) < 4.78 is 5.85. The number of rotatable bonds is 7. The lowest BCUT2D eigenvalue weighted by Gasteiger charge is -2.27. The maximum absolute atomic E-state index is 11.0. The molecule has 4 N–H and O–H groups in total. The monoisotopic (exact) mass is 364 g/mol. The van der Waals surface area contributed by atoms with Crippen molar-refractivity contribution in [2.45, 2.75) is 18.8 Å². The Bertz CT molecular complexity index is 735. The molecule has 0 heterocycles. The van der Waals surface area contributed by atoms with Crippen LogP contribution in [-0.2, 0) is 22.6 Å². The lowest BCUT2D eigenvalue weighted by Crippen LogP contribution is -2.43. The van der Waals surface area contributed by atoms with Gasteiger partial charge in [-0.15, -0.1) is 0 Å². The topological polar surface area (TPSA) is 78.3 Å². The quantitative estimate of drug-likeness (QED) is 0.583. The Hall–Kier alpha value is -1.85. The normalized spacial score (nSPS) is 13.8. The van der Waals surface area contributed by atoms with Crippen molar-refractivity contribution < 1.29 is 9.53 Å². The largest absolute Gasteiger partial charge is 0.366 e. The first-order valence-electron chi connectivity index (χ1n) is 7.27. The van der Waals surface area contributed by atoms with Crippen molar-refractivity contribution >= 4 is 29.1 Å². The molecule has 2 aromatic carbocycles. The molecule has 6 heteroatoms. The maximum Gasteiger partial charge on any atom is 0.241 e. The van der Waals surface area contributed by atoms with Crippen LogP contribution in [0.15, 0.2) is 60.7 Å². The van der Waals surface area contributed by atoms with E-state index in [-0.39, 0.29) is 6.61 Å². The summed E-state index contributed by atoms with van der Waals surface area (Å²) in [6, 6.07) is 14.8. The van der Waals surface area contributed by atoms with E-state index in [0.29, 0.717) is 16.5 Å². The molecular weight excluding hydrogens is 347 g/mol. The Morgan fingerprint density at radius 1 is 1.08 bits per heavy atom. The summed E-state index contributed by atoms with van der Waals surface area (Å²) in [6.07, 6.45) is 3.07. The summed E-state index contributed by atoms with van der Waals surface area (Å²) in [7, 11) is 0. The predicted octanol–water partition coefficient (Wildman–Crippen LogP) is 3.45. The van der Waals surface area contributed by atoms with Crippen LogP contribution in [0.1, 0.15) is 11.1 Å². The van der Waals surface area contributed by atoms with Crippen molar-refractivity contribution in [3.8, 4) is 0 Å². The van der Waals surface area contributed by atoms with Crippen LogP contribution >= 0.6 is 23.2 Å². The van der Waals surface area contributed by atoms with Crippen molar-refractivity contribution in [3.05, 3.63) is 81.9 Å². The molecule has 0 saturated heterocycles. The van der Waals surface area contributed by atoms with Crippen molar-refractivity contribution in [2.24, 2.45) is 11.5 Å². The van der Waals surface area contributed by atoms with E-state index in [0.717, 1.165) is 11.1 Å². The number of benzene rings is 2. The highest BCUT2D eigenvalue weighted by Gasteiger charge is 2.23. The molecule has 24 heavy (non-hydrogen) atoms. The molecular formula is C18H18Cl2N2O2. The highest BCUT2D eigenvalue weighted by Crippen LogP contribution is 2.24. The maximum atomic E-state index is 11.0. The van der Waals surface area contributed by atoms with Gasteiger partial charge in [0.15, 0.2) is 0 Å². The minimum atomic E-state index is -1.18. The van der Waals surface area contributed by atoms with E-state index >= 15 is 0 Å². The summed E-state index contributed by atoms with van der Waals surface area (Å²) in [5.74, 6) is -0.587. The molecule has 2 aromatic rings. The summed E-state index contributed by atoms with van der Waals surface area (Å²) >= 11 is 11.9. The zero-order valence-corrected chi connectivity index (χ0v) is 14.4. The standard InChI is InChI=1S/C18H18Cl2N2O2/c19-15-7-6-14(10-16(15)20)12-24-18(22,9-8-17(21)23)11-13-4-2-1-3-5-13/h1-10H,11-12,22H2,(H2,21,23). The van der Waals surface area contributed by atoms with E-state index < -0.39 is 11.6 Å². The summed E-state index contributed by atoms with van der Waals surface area (Å²) in [5.41, 5.74) is 12.1. The molecule has 0 aliphatic heterocycles. The Balaban J connectivity index is 2.15. The molecule has 1 atom stereocenters. The minimum Gasteiger partial charge on any atom is -0.366 e. The summed E-state index contributed by atoms with van der Waals surface area (Å²) in [4.78, 5) is 11.0. The molecule has 2 rings (SSSR count). The Morgan fingerprint density at radius 3 is 2.42 bits per heavy atom. The van der Waals surface area contributed by atoms with Gasteiger partial charge in [-0.1, -0.05) is 59.6 Å². The molecule has 0 aliphatic carbocycles. The predicted molar refractivity (Wildman–Crippen MR) is 96.6 cm³/mol. The highest BCUT2D eigenvalue weighted by atomic mass is 35.5.